The smallest absolute Gasteiger partial charge is 0.294 e. The second kappa shape index (κ2) is 6.56. The quantitative estimate of drug-likeness (QED) is 0.669. The summed E-state index contributed by atoms with van der Waals surface area (Å²) in [7, 11) is 1.64. The van der Waals surface area contributed by atoms with E-state index in [1.807, 2.05) is 20.8 Å². The van der Waals surface area contributed by atoms with Crippen LogP contribution in [0.5, 0.6) is 0 Å². The SMILES string of the molecule is CCNc1c(Cl)cc(C(=O)N(C)C(C)C)cc1[N+](=O)[O-]. The Labute approximate surface area is 122 Å². The maximum atomic E-state index is 12.2. The molecule has 1 N–H and O–H groups in total. The highest BCUT2D eigenvalue weighted by Crippen LogP contribution is 2.34. The van der Waals surface area contributed by atoms with Gasteiger partial charge in [-0.25, -0.2) is 0 Å². The van der Waals surface area contributed by atoms with Gasteiger partial charge >= 0.3 is 0 Å². The molecule has 0 aliphatic rings. The second-order valence-electron chi connectivity index (χ2n) is 4.65. The van der Waals surface area contributed by atoms with Gasteiger partial charge in [0.2, 0.25) is 0 Å². The lowest BCUT2D eigenvalue weighted by atomic mass is 10.1. The molecule has 20 heavy (non-hydrogen) atoms. The lowest BCUT2D eigenvalue weighted by Gasteiger charge is -2.21. The van der Waals surface area contributed by atoms with Crippen molar-refractivity contribution < 1.29 is 9.72 Å². The van der Waals surface area contributed by atoms with E-state index in [2.05, 4.69) is 5.32 Å². The van der Waals surface area contributed by atoms with E-state index in [9.17, 15) is 14.9 Å². The van der Waals surface area contributed by atoms with Crippen LogP contribution in [0.1, 0.15) is 31.1 Å². The number of carbonyl (C=O) groups excluding carboxylic acids is 1. The number of halogens is 1. The molecule has 0 radical (unpaired) electrons. The van der Waals surface area contributed by atoms with Gasteiger partial charge in [-0.15, -0.1) is 0 Å². The summed E-state index contributed by atoms with van der Waals surface area (Å²) in [4.78, 5) is 24.3. The molecule has 0 saturated carbocycles. The van der Waals surface area contributed by atoms with Crippen molar-refractivity contribution in [3.63, 3.8) is 0 Å². The number of hydrogen-bond acceptors (Lipinski definition) is 4. The van der Waals surface area contributed by atoms with E-state index in [0.717, 1.165) is 0 Å². The van der Waals surface area contributed by atoms with Crippen molar-refractivity contribution >= 4 is 28.9 Å². The van der Waals surface area contributed by atoms with Crippen LogP contribution >= 0.6 is 11.6 Å². The Balaban J connectivity index is 3.31. The fourth-order valence-corrected chi connectivity index (χ4v) is 1.93. The standard InChI is InChI=1S/C13H18ClN3O3/c1-5-15-12-10(14)6-9(7-11(12)17(19)20)13(18)16(4)8(2)3/h6-8,15H,5H2,1-4H3. The average Bonchev–Trinajstić information content (AvgIpc) is 2.38. The number of carbonyl (C=O) groups is 1. The van der Waals surface area contributed by atoms with Crippen molar-refractivity contribution in [1.82, 2.24) is 4.90 Å². The summed E-state index contributed by atoms with van der Waals surface area (Å²) < 4.78 is 0. The van der Waals surface area contributed by atoms with Gasteiger partial charge in [-0.05, 0) is 26.8 Å². The van der Waals surface area contributed by atoms with Gasteiger partial charge in [-0.1, -0.05) is 11.6 Å². The number of nitro benzene ring substituents is 1. The number of nitro groups is 1. The molecule has 0 heterocycles. The Kier molecular flexibility index (Phi) is 5.33. The van der Waals surface area contributed by atoms with Crippen LogP contribution in [0.3, 0.4) is 0 Å². The van der Waals surface area contributed by atoms with E-state index in [1.165, 1.54) is 17.0 Å². The zero-order valence-electron chi connectivity index (χ0n) is 11.9. The predicted octanol–water partition coefficient (Wildman–Crippen LogP) is 3.16. The van der Waals surface area contributed by atoms with Gasteiger partial charge in [-0.3, -0.25) is 14.9 Å². The minimum atomic E-state index is -0.546. The molecule has 0 aromatic heterocycles. The molecule has 1 aromatic rings. The van der Waals surface area contributed by atoms with Crippen LogP contribution in [0.4, 0.5) is 11.4 Å². The minimum Gasteiger partial charge on any atom is -0.379 e. The van der Waals surface area contributed by atoms with Gasteiger partial charge in [0.25, 0.3) is 11.6 Å². The molecule has 0 aliphatic heterocycles. The Morgan fingerprint density at radius 1 is 1.50 bits per heavy atom. The van der Waals surface area contributed by atoms with Crippen molar-refractivity contribution in [1.29, 1.82) is 0 Å². The second-order valence-corrected chi connectivity index (χ2v) is 5.06. The lowest BCUT2D eigenvalue weighted by Crippen LogP contribution is -2.33. The Hall–Kier alpha value is -1.82. The van der Waals surface area contributed by atoms with Crippen LogP contribution in [0.2, 0.25) is 5.02 Å². The van der Waals surface area contributed by atoms with Crippen molar-refractivity contribution in [3.05, 3.63) is 32.8 Å². The average molecular weight is 300 g/mol. The summed E-state index contributed by atoms with van der Waals surface area (Å²) in [6.45, 7) is 6.03. The van der Waals surface area contributed by atoms with Gasteiger partial charge in [-0.2, -0.15) is 0 Å². The molecule has 1 amide bonds. The Morgan fingerprint density at radius 3 is 2.55 bits per heavy atom. The number of nitrogens with zero attached hydrogens (tertiary/aromatic N) is 2. The third-order valence-corrected chi connectivity index (χ3v) is 3.26. The molecule has 0 bridgehead atoms. The zero-order valence-corrected chi connectivity index (χ0v) is 12.7. The molecule has 0 fully saturated rings. The highest BCUT2D eigenvalue weighted by Gasteiger charge is 2.23. The summed E-state index contributed by atoms with van der Waals surface area (Å²) >= 11 is 6.05. The number of benzene rings is 1. The van der Waals surface area contributed by atoms with Crippen LogP contribution in [0.25, 0.3) is 0 Å². The minimum absolute atomic E-state index is 0.00576. The van der Waals surface area contributed by atoms with E-state index in [-0.39, 0.29) is 33.9 Å². The van der Waals surface area contributed by atoms with Crippen molar-refractivity contribution in [2.45, 2.75) is 26.8 Å². The molecule has 1 aromatic carbocycles. The topological polar surface area (TPSA) is 75.5 Å². The maximum absolute atomic E-state index is 12.2. The summed E-state index contributed by atoms with van der Waals surface area (Å²) in [5.74, 6) is -0.298. The van der Waals surface area contributed by atoms with E-state index in [4.69, 9.17) is 11.6 Å². The highest BCUT2D eigenvalue weighted by atomic mass is 35.5. The predicted molar refractivity (Wildman–Crippen MR) is 79.5 cm³/mol. The molecule has 0 unspecified atom stereocenters. The highest BCUT2D eigenvalue weighted by molar-refractivity contribution is 6.34. The van der Waals surface area contributed by atoms with Gasteiger partial charge in [0.05, 0.1) is 9.95 Å². The van der Waals surface area contributed by atoms with Gasteiger partial charge < -0.3 is 10.2 Å². The van der Waals surface area contributed by atoms with E-state index < -0.39 is 4.92 Å². The Morgan fingerprint density at radius 2 is 2.10 bits per heavy atom. The van der Waals surface area contributed by atoms with Crippen molar-refractivity contribution in [2.24, 2.45) is 0 Å². The molecule has 0 aliphatic carbocycles. The van der Waals surface area contributed by atoms with E-state index in [1.54, 1.807) is 7.05 Å². The van der Waals surface area contributed by atoms with Crippen LogP contribution in [-0.4, -0.2) is 35.4 Å². The van der Waals surface area contributed by atoms with E-state index in [0.29, 0.717) is 6.54 Å². The molecule has 0 saturated heterocycles. The molecule has 6 nitrogen and oxygen atoms in total. The van der Waals surface area contributed by atoms with Gasteiger partial charge in [0.15, 0.2) is 0 Å². The number of anilines is 1. The van der Waals surface area contributed by atoms with Crippen LogP contribution in [0, 0.1) is 10.1 Å². The molecule has 1 rings (SSSR count). The number of hydrogen-bond donors (Lipinski definition) is 1. The number of amides is 1. The van der Waals surface area contributed by atoms with Gasteiger partial charge in [0, 0.05) is 31.3 Å². The number of rotatable bonds is 5. The molecular formula is C13H18ClN3O3. The normalized spacial score (nSPS) is 10.5. The first-order valence-corrected chi connectivity index (χ1v) is 6.66. The fourth-order valence-electron chi connectivity index (χ4n) is 1.65. The lowest BCUT2D eigenvalue weighted by molar-refractivity contribution is -0.384. The maximum Gasteiger partial charge on any atom is 0.294 e. The largest absolute Gasteiger partial charge is 0.379 e. The van der Waals surface area contributed by atoms with Crippen molar-refractivity contribution in [2.75, 3.05) is 18.9 Å². The third-order valence-electron chi connectivity index (χ3n) is 2.96. The van der Waals surface area contributed by atoms with Gasteiger partial charge in [0.1, 0.15) is 5.69 Å². The number of nitrogens with one attached hydrogen (secondary N) is 1. The third kappa shape index (κ3) is 3.39. The monoisotopic (exact) mass is 299 g/mol. The van der Waals surface area contributed by atoms with Crippen molar-refractivity contribution in [3.8, 4) is 0 Å². The molecular weight excluding hydrogens is 282 g/mol. The fraction of sp³-hybridized carbons (Fsp3) is 0.462. The first-order valence-electron chi connectivity index (χ1n) is 6.28. The first-order chi connectivity index (χ1) is 9.29. The summed E-state index contributed by atoms with van der Waals surface area (Å²) in [6.07, 6.45) is 0. The van der Waals surface area contributed by atoms with Crippen LogP contribution in [-0.2, 0) is 0 Å². The molecule has 7 heteroatoms. The molecule has 0 spiro atoms. The first kappa shape index (κ1) is 16.2. The zero-order chi connectivity index (χ0) is 15.4. The van der Waals surface area contributed by atoms with Crippen LogP contribution < -0.4 is 5.32 Å². The Bertz CT molecular complexity index is 532. The molecule has 0 atom stereocenters. The van der Waals surface area contributed by atoms with E-state index >= 15 is 0 Å². The summed E-state index contributed by atoms with van der Waals surface area (Å²) in [5, 5.41) is 14.1. The summed E-state index contributed by atoms with van der Waals surface area (Å²) in [5.41, 5.74) is 0.252. The molecule has 110 valence electrons. The van der Waals surface area contributed by atoms with Crippen LogP contribution in [0.15, 0.2) is 12.1 Å². The summed E-state index contributed by atoms with van der Waals surface area (Å²) in [6, 6.07) is 2.70.